The van der Waals surface area contributed by atoms with Crippen LogP contribution in [0.1, 0.15) is 0 Å². The van der Waals surface area contributed by atoms with Crippen LogP contribution >= 0.6 is 0 Å². The van der Waals surface area contributed by atoms with Gasteiger partial charge < -0.3 is 9.84 Å². The fraction of sp³-hybridized carbons (Fsp3) is 0.500. The van der Waals surface area contributed by atoms with E-state index in [0.717, 1.165) is 6.26 Å². The molecule has 0 amide bonds. The molecule has 1 aromatic heterocycles. The number of rotatable bonds is 3. The second-order valence-electron chi connectivity index (χ2n) is 2.84. The minimum atomic E-state index is -3.42. The van der Waals surface area contributed by atoms with Gasteiger partial charge in [-0.3, -0.25) is 0 Å². The molecule has 13 heavy (non-hydrogen) atoms. The first kappa shape index (κ1) is 8.67. The predicted molar refractivity (Wildman–Crippen MR) is 43.5 cm³/mol. The molecule has 0 saturated carbocycles. The molecule has 0 aliphatic carbocycles. The van der Waals surface area contributed by atoms with Crippen molar-refractivity contribution in [2.45, 2.75) is 10.9 Å². The standard InChI is InChI=1S/C6H9N3O3S/c10-13(11,6-3-8-12-4-6)9-5-1-7-2-5/h3-5,7,9H,1-2H2. The summed E-state index contributed by atoms with van der Waals surface area (Å²) in [5.41, 5.74) is 0. The smallest absolute Gasteiger partial charge is 0.245 e. The molecule has 1 fully saturated rings. The van der Waals surface area contributed by atoms with Crippen LogP contribution in [0.2, 0.25) is 0 Å². The van der Waals surface area contributed by atoms with Gasteiger partial charge in [0.25, 0.3) is 0 Å². The van der Waals surface area contributed by atoms with Crippen molar-refractivity contribution in [3.05, 3.63) is 12.5 Å². The van der Waals surface area contributed by atoms with Crippen LogP contribution < -0.4 is 10.0 Å². The van der Waals surface area contributed by atoms with Gasteiger partial charge in [-0.15, -0.1) is 0 Å². The maximum atomic E-state index is 11.5. The lowest BCUT2D eigenvalue weighted by atomic mass is 10.2. The third-order valence-electron chi connectivity index (χ3n) is 1.82. The van der Waals surface area contributed by atoms with E-state index in [4.69, 9.17) is 0 Å². The molecule has 0 unspecified atom stereocenters. The number of nitrogens with one attached hydrogen (secondary N) is 2. The molecule has 0 aromatic carbocycles. The van der Waals surface area contributed by atoms with Crippen LogP contribution in [-0.2, 0) is 10.0 Å². The van der Waals surface area contributed by atoms with E-state index in [9.17, 15) is 8.42 Å². The van der Waals surface area contributed by atoms with Gasteiger partial charge in [-0.1, -0.05) is 5.16 Å². The second kappa shape index (κ2) is 3.09. The highest BCUT2D eigenvalue weighted by Crippen LogP contribution is 2.07. The summed E-state index contributed by atoms with van der Waals surface area (Å²) in [7, 11) is -3.42. The van der Waals surface area contributed by atoms with Crippen LogP contribution in [0.25, 0.3) is 0 Å². The molecule has 72 valence electrons. The molecule has 2 rings (SSSR count). The van der Waals surface area contributed by atoms with E-state index in [0.29, 0.717) is 13.1 Å². The van der Waals surface area contributed by atoms with Gasteiger partial charge in [-0.2, -0.15) is 0 Å². The average Bonchev–Trinajstić information content (AvgIpc) is 2.49. The summed E-state index contributed by atoms with van der Waals surface area (Å²) in [6.45, 7) is 1.34. The predicted octanol–water partition coefficient (Wildman–Crippen LogP) is -1.08. The second-order valence-corrected chi connectivity index (χ2v) is 4.55. The van der Waals surface area contributed by atoms with Crippen molar-refractivity contribution in [3.63, 3.8) is 0 Å². The van der Waals surface area contributed by atoms with E-state index >= 15 is 0 Å². The highest BCUT2D eigenvalue weighted by Gasteiger charge is 2.25. The molecular weight excluding hydrogens is 194 g/mol. The Kier molecular flexibility index (Phi) is 2.06. The van der Waals surface area contributed by atoms with Gasteiger partial charge in [0.2, 0.25) is 10.0 Å². The lowest BCUT2D eigenvalue weighted by molar-refractivity contribution is 0.408. The van der Waals surface area contributed by atoms with Crippen LogP contribution in [-0.4, -0.2) is 32.7 Å². The van der Waals surface area contributed by atoms with Gasteiger partial charge in [-0.05, 0) is 0 Å². The minimum Gasteiger partial charge on any atom is -0.363 e. The summed E-state index contributed by atoms with van der Waals surface area (Å²) in [6, 6.07) is -0.0140. The van der Waals surface area contributed by atoms with Crippen molar-refractivity contribution in [1.82, 2.24) is 15.2 Å². The molecule has 2 heterocycles. The van der Waals surface area contributed by atoms with Crippen LogP contribution in [0.5, 0.6) is 0 Å². The van der Waals surface area contributed by atoms with Crippen molar-refractivity contribution in [1.29, 1.82) is 0 Å². The third kappa shape index (κ3) is 1.71. The van der Waals surface area contributed by atoms with Gasteiger partial charge in [-0.25, -0.2) is 13.1 Å². The Hall–Kier alpha value is -0.920. The van der Waals surface area contributed by atoms with Crippen molar-refractivity contribution in [2.75, 3.05) is 13.1 Å². The Morgan fingerprint density at radius 2 is 2.38 bits per heavy atom. The molecule has 0 bridgehead atoms. The number of hydrogen-bond donors (Lipinski definition) is 2. The summed E-state index contributed by atoms with van der Waals surface area (Å²) >= 11 is 0. The van der Waals surface area contributed by atoms with Gasteiger partial charge in [0.1, 0.15) is 11.2 Å². The normalized spacial score (nSPS) is 18.5. The van der Waals surface area contributed by atoms with E-state index in [-0.39, 0.29) is 10.9 Å². The lowest BCUT2D eigenvalue weighted by Gasteiger charge is -2.27. The Morgan fingerprint density at radius 3 is 2.85 bits per heavy atom. The zero-order valence-corrected chi connectivity index (χ0v) is 7.54. The van der Waals surface area contributed by atoms with Gasteiger partial charge in [0, 0.05) is 19.1 Å². The van der Waals surface area contributed by atoms with E-state index in [1.807, 2.05) is 0 Å². The molecule has 0 spiro atoms. The molecule has 0 atom stereocenters. The lowest BCUT2D eigenvalue weighted by Crippen LogP contribution is -2.56. The van der Waals surface area contributed by atoms with E-state index < -0.39 is 10.0 Å². The number of hydrogen-bond acceptors (Lipinski definition) is 5. The van der Waals surface area contributed by atoms with Crippen molar-refractivity contribution in [3.8, 4) is 0 Å². The van der Waals surface area contributed by atoms with Crippen molar-refractivity contribution >= 4 is 10.0 Å². The summed E-state index contributed by atoms with van der Waals surface area (Å²) in [5, 5.41) is 6.29. The molecule has 6 nitrogen and oxygen atoms in total. The molecule has 0 radical (unpaired) electrons. The summed E-state index contributed by atoms with van der Waals surface area (Å²) in [6.07, 6.45) is 2.28. The first-order valence-corrected chi connectivity index (χ1v) is 5.29. The summed E-state index contributed by atoms with van der Waals surface area (Å²) in [5.74, 6) is 0. The quantitative estimate of drug-likeness (QED) is 0.653. The van der Waals surface area contributed by atoms with Gasteiger partial charge in [0.05, 0.1) is 6.20 Å². The molecule has 1 aliphatic heterocycles. The first-order chi connectivity index (χ1) is 6.18. The zero-order valence-electron chi connectivity index (χ0n) is 6.73. The van der Waals surface area contributed by atoms with Crippen molar-refractivity contribution < 1.29 is 12.9 Å². The van der Waals surface area contributed by atoms with Crippen LogP contribution in [0.4, 0.5) is 0 Å². The number of aromatic nitrogens is 1. The molecular formula is C6H9N3O3S. The van der Waals surface area contributed by atoms with Gasteiger partial charge in [0.15, 0.2) is 0 Å². The zero-order chi connectivity index (χ0) is 9.31. The molecule has 1 saturated heterocycles. The highest BCUT2D eigenvalue weighted by molar-refractivity contribution is 7.89. The van der Waals surface area contributed by atoms with E-state index in [1.54, 1.807) is 0 Å². The van der Waals surface area contributed by atoms with E-state index in [1.165, 1.54) is 6.20 Å². The third-order valence-corrected chi connectivity index (χ3v) is 3.29. The van der Waals surface area contributed by atoms with Crippen LogP contribution in [0.15, 0.2) is 21.9 Å². The Morgan fingerprint density at radius 1 is 1.62 bits per heavy atom. The fourth-order valence-corrected chi connectivity index (χ4v) is 2.08. The highest BCUT2D eigenvalue weighted by atomic mass is 32.2. The minimum absolute atomic E-state index is 0.0140. The first-order valence-electron chi connectivity index (χ1n) is 3.81. The Bertz CT molecular complexity index is 368. The Balaban J connectivity index is 2.12. The largest absolute Gasteiger partial charge is 0.363 e. The van der Waals surface area contributed by atoms with Gasteiger partial charge >= 0.3 is 0 Å². The fourth-order valence-electron chi connectivity index (χ4n) is 0.987. The SMILES string of the molecule is O=S(=O)(NC1CNC1)c1cnoc1. The maximum absolute atomic E-state index is 11.5. The summed E-state index contributed by atoms with van der Waals surface area (Å²) in [4.78, 5) is 0.0689. The Labute approximate surface area is 75.3 Å². The molecule has 2 N–H and O–H groups in total. The van der Waals surface area contributed by atoms with Crippen LogP contribution in [0, 0.1) is 0 Å². The topological polar surface area (TPSA) is 84.2 Å². The summed E-state index contributed by atoms with van der Waals surface area (Å²) < 4.78 is 29.9. The average molecular weight is 203 g/mol. The number of sulfonamides is 1. The van der Waals surface area contributed by atoms with Crippen molar-refractivity contribution in [2.24, 2.45) is 0 Å². The molecule has 1 aromatic rings. The monoisotopic (exact) mass is 203 g/mol. The van der Waals surface area contributed by atoms with E-state index in [2.05, 4.69) is 19.7 Å². The molecule has 1 aliphatic rings. The molecule has 7 heteroatoms. The maximum Gasteiger partial charge on any atom is 0.245 e. The van der Waals surface area contributed by atoms with Crippen LogP contribution in [0.3, 0.4) is 0 Å². The number of nitrogens with zero attached hydrogens (tertiary/aromatic N) is 1.